The van der Waals surface area contributed by atoms with E-state index in [0.29, 0.717) is 0 Å². The summed E-state index contributed by atoms with van der Waals surface area (Å²) in [6.45, 7) is 0. The van der Waals surface area contributed by atoms with Crippen LogP contribution in [0.15, 0.2) is 21.5 Å². The molecule has 0 N–H and O–H groups in total. The van der Waals surface area contributed by atoms with Crippen LogP contribution in [-0.2, 0) is 0 Å². The van der Waals surface area contributed by atoms with Crippen molar-refractivity contribution in [2.75, 3.05) is 0 Å². The molecular formula is C16H4I4S4. The first-order valence-electron chi connectivity index (χ1n) is 6.67. The minimum atomic E-state index is 1.39. The van der Waals surface area contributed by atoms with Crippen molar-refractivity contribution in [1.82, 2.24) is 0 Å². The Kier molecular flexibility index (Phi) is 4.93. The maximum Gasteiger partial charge on any atom is 0.0738 e. The lowest BCUT2D eigenvalue weighted by molar-refractivity contribution is 1.65. The molecule has 1 aliphatic rings. The molecule has 0 aliphatic heterocycles. The van der Waals surface area contributed by atoms with Crippen molar-refractivity contribution in [3.8, 4) is 44.5 Å². The highest BCUT2D eigenvalue weighted by Crippen LogP contribution is 2.57. The van der Waals surface area contributed by atoms with Crippen LogP contribution in [0.2, 0.25) is 0 Å². The van der Waals surface area contributed by atoms with E-state index in [1.165, 1.54) is 56.0 Å². The average molecular weight is 832 g/mol. The number of fused-ring (bicyclic) bond motifs is 8. The van der Waals surface area contributed by atoms with Crippen molar-refractivity contribution in [3.05, 3.63) is 33.1 Å². The molecule has 1 aliphatic carbocycles. The van der Waals surface area contributed by atoms with Gasteiger partial charge in [0.1, 0.15) is 0 Å². The van der Waals surface area contributed by atoms with Gasteiger partial charge in [-0.15, -0.1) is 45.3 Å². The van der Waals surface area contributed by atoms with Gasteiger partial charge in [0.25, 0.3) is 0 Å². The normalized spacial score (nSPS) is 12.2. The number of hydrogen-bond acceptors (Lipinski definition) is 4. The van der Waals surface area contributed by atoms with Gasteiger partial charge in [-0.25, -0.2) is 0 Å². The molecule has 24 heavy (non-hydrogen) atoms. The van der Waals surface area contributed by atoms with Crippen molar-refractivity contribution in [1.29, 1.82) is 0 Å². The van der Waals surface area contributed by atoms with Gasteiger partial charge < -0.3 is 0 Å². The maximum absolute atomic E-state index is 2.51. The molecule has 0 unspecified atom stereocenters. The molecule has 4 aromatic rings. The lowest BCUT2D eigenvalue weighted by atomic mass is 9.88. The number of thiophene rings is 4. The Labute approximate surface area is 209 Å². The van der Waals surface area contributed by atoms with Gasteiger partial charge in [0.2, 0.25) is 0 Å². The summed E-state index contributed by atoms with van der Waals surface area (Å²) in [7, 11) is 0. The molecule has 5 rings (SSSR count). The molecular weight excluding hydrogens is 828 g/mol. The second-order valence-corrected chi connectivity index (χ2v) is 16.0. The molecule has 120 valence electrons. The zero-order valence-electron chi connectivity index (χ0n) is 11.5. The Morgan fingerprint density at radius 3 is 0.833 bits per heavy atom. The summed E-state index contributed by atoms with van der Waals surface area (Å²) >= 11 is 17.5. The number of hydrogen-bond donors (Lipinski definition) is 0. The van der Waals surface area contributed by atoms with Gasteiger partial charge in [-0.1, -0.05) is 0 Å². The minimum absolute atomic E-state index is 1.39. The van der Waals surface area contributed by atoms with Crippen LogP contribution >= 0.6 is 136 Å². The van der Waals surface area contributed by atoms with E-state index in [4.69, 9.17) is 0 Å². The third-order valence-electron chi connectivity index (χ3n) is 4.06. The van der Waals surface area contributed by atoms with Gasteiger partial charge in [-0.3, -0.25) is 0 Å². The van der Waals surface area contributed by atoms with Crippen LogP contribution in [0.1, 0.15) is 0 Å². The molecule has 8 heteroatoms. The number of halogens is 4. The third kappa shape index (κ3) is 2.52. The number of rotatable bonds is 0. The van der Waals surface area contributed by atoms with Crippen LogP contribution < -0.4 is 0 Å². The van der Waals surface area contributed by atoms with Crippen LogP contribution in [0.25, 0.3) is 44.5 Å². The first-order chi connectivity index (χ1) is 11.6. The van der Waals surface area contributed by atoms with Crippen molar-refractivity contribution in [3.63, 3.8) is 0 Å². The largest absolute Gasteiger partial charge is 0.136 e. The fraction of sp³-hybridized carbons (Fsp3) is 0. The van der Waals surface area contributed by atoms with Crippen molar-refractivity contribution < 1.29 is 0 Å². The highest BCUT2D eigenvalue weighted by atomic mass is 127. The zero-order chi connectivity index (χ0) is 16.6. The van der Waals surface area contributed by atoms with Crippen LogP contribution in [0, 0.1) is 11.5 Å². The lowest BCUT2D eigenvalue weighted by Gasteiger charge is -2.15. The van der Waals surface area contributed by atoms with Gasteiger partial charge in [0.15, 0.2) is 0 Å². The van der Waals surface area contributed by atoms with E-state index in [1.807, 2.05) is 45.3 Å². The zero-order valence-corrected chi connectivity index (χ0v) is 23.4. The Bertz CT molecular complexity index is 906. The maximum atomic E-state index is 2.51. The van der Waals surface area contributed by atoms with Gasteiger partial charge in [-0.05, 0) is 90.4 Å². The molecule has 4 heterocycles. The fourth-order valence-electron chi connectivity index (χ4n) is 3.08. The second-order valence-electron chi connectivity index (χ2n) is 5.19. The van der Waals surface area contributed by atoms with Gasteiger partial charge in [0.05, 0.1) is 11.5 Å². The van der Waals surface area contributed by atoms with E-state index in [-0.39, 0.29) is 0 Å². The molecule has 0 aromatic carbocycles. The van der Waals surface area contributed by atoms with Crippen molar-refractivity contribution in [2.24, 2.45) is 0 Å². The van der Waals surface area contributed by atoms with Crippen LogP contribution in [0.4, 0.5) is 0 Å². The highest BCUT2D eigenvalue weighted by Gasteiger charge is 2.30. The predicted octanol–water partition coefficient (Wildman–Crippen LogP) is 9.33. The van der Waals surface area contributed by atoms with Gasteiger partial charge in [0, 0.05) is 66.0 Å². The van der Waals surface area contributed by atoms with Crippen LogP contribution in [-0.4, -0.2) is 0 Å². The molecule has 0 bridgehead atoms. The molecule has 0 fully saturated rings. The molecule has 0 saturated carbocycles. The molecule has 0 atom stereocenters. The molecule has 0 saturated heterocycles. The quantitative estimate of drug-likeness (QED) is 0.137. The van der Waals surface area contributed by atoms with Crippen molar-refractivity contribution >= 4 is 136 Å². The Balaban J connectivity index is 2.04. The van der Waals surface area contributed by atoms with E-state index < -0.39 is 0 Å². The summed E-state index contributed by atoms with van der Waals surface area (Å²) < 4.78 is 5.55. The summed E-state index contributed by atoms with van der Waals surface area (Å²) in [6.07, 6.45) is 0. The Morgan fingerprint density at radius 2 is 0.625 bits per heavy atom. The first kappa shape index (κ1) is 17.8. The fourth-order valence-corrected chi connectivity index (χ4v) is 10.1. The standard InChI is InChI=1S/C16H4I4S4/c17-13-9-5(1-21-13)10-7(3-22-14(10)18)12-8(4-24-16(12)20)11-6(9)2-23-15(11)19/h1-4H. The minimum Gasteiger partial charge on any atom is -0.136 e. The second kappa shape index (κ2) is 6.65. The third-order valence-corrected chi connectivity index (χ3v) is 12.3. The topological polar surface area (TPSA) is 0 Å². The van der Waals surface area contributed by atoms with E-state index in [1.54, 1.807) is 0 Å². The first-order valence-corrected chi connectivity index (χ1v) is 14.5. The molecule has 0 amide bonds. The van der Waals surface area contributed by atoms with Gasteiger partial charge >= 0.3 is 0 Å². The molecule has 0 radical (unpaired) electrons. The molecule has 0 nitrogen and oxygen atoms in total. The van der Waals surface area contributed by atoms with Crippen LogP contribution in [0.5, 0.6) is 0 Å². The Morgan fingerprint density at radius 1 is 0.417 bits per heavy atom. The van der Waals surface area contributed by atoms with E-state index in [0.717, 1.165) is 0 Å². The monoisotopic (exact) mass is 832 g/mol. The summed E-state index contributed by atoms with van der Waals surface area (Å²) in [5.74, 6) is 0. The highest BCUT2D eigenvalue weighted by molar-refractivity contribution is 14.1. The summed E-state index contributed by atoms with van der Waals surface area (Å²) in [5, 5.41) is 9.40. The molecule has 0 spiro atoms. The Hall–Kier alpha value is 1.72. The van der Waals surface area contributed by atoms with E-state index in [2.05, 4.69) is 112 Å². The summed E-state index contributed by atoms with van der Waals surface area (Å²) in [4.78, 5) is 0. The van der Waals surface area contributed by atoms with E-state index >= 15 is 0 Å². The lowest BCUT2D eigenvalue weighted by Crippen LogP contribution is -1.92. The van der Waals surface area contributed by atoms with Crippen molar-refractivity contribution in [2.45, 2.75) is 0 Å². The summed E-state index contributed by atoms with van der Waals surface area (Å²) in [5.41, 5.74) is 11.4. The SMILES string of the molecule is Ic1scc2c1-c1csc(I)c1-c1csc(I)c1-c1csc(I)c1-2. The molecule has 4 aromatic heterocycles. The van der Waals surface area contributed by atoms with Gasteiger partial charge in [-0.2, -0.15) is 0 Å². The average Bonchev–Trinajstić information content (AvgIpc) is 3.25. The summed E-state index contributed by atoms with van der Waals surface area (Å²) in [6, 6.07) is 0. The van der Waals surface area contributed by atoms with Crippen LogP contribution in [0.3, 0.4) is 0 Å². The smallest absolute Gasteiger partial charge is 0.0738 e. The van der Waals surface area contributed by atoms with E-state index in [9.17, 15) is 0 Å². The predicted molar refractivity (Wildman–Crippen MR) is 144 cm³/mol.